The number of nitrogens with zero attached hydrogens (tertiary/aromatic N) is 2. The van der Waals surface area contributed by atoms with E-state index < -0.39 is 12.0 Å². The third-order valence-corrected chi connectivity index (χ3v) is 6.66. The van der Waals surface area contributed by atoms with E-state index in [-0.39, 0.29) is 5.97 Å². The summed E-state index contributed by atoms with van der Waals surface area (Å²) in [6.07, 6.45) is 12.7. The smallest absolute Gasteiger partial charge is 0.337 e. The van der Waals surface area contributed by atoms with Gasteiger partial charge in [-0.1, -0.05) is 77.3 Å². The lowest BCUT2D eigenvalue weighted by Crippen LogP contribution is -2.36. The van der Waals surface area contributed by atoms with Gasteiger partial charge in [0, 0.05) is 18.4 Å². The molecule has 0 aliphatic carbocycles. The normalized spacial score (nSPS) is 17.1. The molecule has 0 fully saturated rings. The number of ether oxygens (including phenoxy) is 3. The van der Waals surface area contributed by atoms with Crippen LogP contribution in [-0.2, 0) is 15.2 Å². The summed E-state index contributed by atoms with van der Waals surface area (Å²) >= 11 is 0. The highest BCUT2D eigenvalue weighted by Crippen LogP contribution is 2.41. The SMILES string of the molecule is CCCCCCCC(Oc1ccc(C(=O)OC)cc1)OC1(CCCCCCC)N=Nc2cccc1c2. The molecule has 3 rings (SSSR count). The van der Waals surface area contributed by atoms with Gasteiger partial charge in [-0.05, 0) is 49.2 Å². The van der Waals surface area contributed by atoms with Gasteiger partial charge in [0.25, 0.3) is 0 Å². The molecule has 0 aromatic heterocycles. The highest BCUT2D eigenvalue weighted by Gasteiger charge is 2.38. The van der Waals surface area contributed by atoms with Crippen LogP contribution in [0.2, 0.25) is 0 Å². The van der Waals surface area contributed by atoms with Crippen LogP contribution in [0.3, 0.4) is 0 Å². The van der Waals surface area contributed by atoms with E-state index in [0.29, 0.717) is 11.3 Å². The Morgan fingerprint density at radius 1 is 0.889 bits per heavy atom. The van der Waals surface area contributed by atoms with Crippen LogP contribution in [0.4, 0.5) is 5.69 Å². The number of carbonyl (C=O) groups excluding carboxylic acids is 1. The van der Waals surface area contributed by atoms with E-state index in [1.54, 1.807) is 24.3 Å². The van der Waals surface area contributed by atoms with Gasteiger partial charge in [-0.2, -0.15) is 5.11 Å². The Hall–Kier alpha value is -2.73. The maximum Gasteiger partial charge on any atom is 0.337 e. The van der Waals surface area contributed by atoms with Crippen molar-refractivity contribution in [2.75, 3.05) is 7.11 Å². The van der Waals surface area contributed by atoms with Crippen LogP contribution in [0, 0.1) is 0 Å². The van der Waals surface area contributed by atoms with Crippen molar-refractivity contribution in [2.45, 2.75) is 103 Å². The van der Waals surface area contributed by atoms with Crippen molar-refractivity contribution >= 4 is 11.7 Å². The fourth-order valence-electron chi connectivity index (χ4n) is 4.53. The first-order chi connectivity index (χ1) is 17.6. The average Bonchev–Trinajstić information content (AvgIpc) is 2.91. The van der Waals surface area contributed by atoms with E-state index in [2.05, 4.69) is 31.1 Å². The third kappa shape index (κ3) is 8.16. The van der Waals surface area contributed by atoms with Gasteiger partial charge < -0.3 is 14.2 Å². The van der Waals surface area contributed by atoms with Gasteiger partial charge in [-0.3, -0.25) is 0 Å². The minimum absolute atomic E-state index is 0.366. The minimum atomic E-state index is -0.847. The van der Waals surface area contributed by atoms with Crippen molar-refractivity contribution in [3.8, 4) is 5.75 Å². The molecule has 0 spiro atoms. The standard InChI is InChI=1S/C30H42N2O4/c1-4-6-8-10-12-17-28(35-27-20-18-24(19-21-27)29(33)34-3)36-30(22-13-11-9-7-5-2)25-15-14-16-26(23-25)31-32-30/h14-16,18-21,23,28H,4-13,17,22H2,1-3H3. The quantitative estimate of drug-likeness (QED) is 0.125. The summed E-state index contributed by atoms with van der Waals surface area (Å²) < 4.78 is 17.9. The van der Waals surface area contributed by atoms with Gasteiger partial charge in [0.05, 0.1) is 18.4 Å². The number of azo groups is 1. The van der Waals surface area contributed by atoms with Gasteiger partial charge in [0.2, 0.25) is 12.0 Å². The van der Waals surface area contributed by atoms with Gasteiger partial charge in [-0.25, -0.2) is 4.79 Å². The van der Waals surface area contributed by atoms with E-state index in [4.69, 9.17) is 19.3 Å². The number of unbranched alkanes of at least 4 members (excludes halogenated alkanes) is 8. The molecule has 0 radical (unpaired) electrons. The summed E-state index contributed by atoms with van der Waals surface area (Å²) in [5, 5.41) is 9.19. The van der Waals surface area contributed by atoms with E-state index >= 15 is 0 Å². The van der Waals surface area contributed by atoms with E-state index in [9.17, 15) is 4.79 Å². The lowest BCUT2D eigenvalue weighted by molar-refractivity contribution is -0.184. The van der Waals surface area contributed by atoms with E-state index in [1.807, 2.05) is 12.1 Å². The molecule has 2 atom stereocenters. The van der Waals surface area contributed by atoms with Crippen LogP contribution < -0.4 is 4.74 Å². The summed E-state index contributed by atoms with van der Waals surface area (Å²) in [6, 6.07) is 15.1. The molecule has 0 saturated heterocycles. The number of benzene rings is 2. The van der Waals surface area contributed by atoms with Crippen molar-refractivity contribution in [1.29, 1.82) is 0 Å². The fourth-order valence-corrected chi connectivity index (χ4v) is 4.53. The molecule has 2 aromatic carbocycles. The summed E-state index contributed by atoms with van der Waals surface area (Å²) in [5.74, 6) is 0.288. The Balaban J connectivity index is 1.77. The number of rotatable bonds is 17. The van der Waals surface area contributed by atoms with Crippen molar-refractivity contribution in [1.82, 2.24) is 0 Å². The van der Waals surface area contributed by atoms with Gasteiger partial charge in [0.1, 0.15) is 5.75 Å². The zero-order valence-corrected chi connectivity index (χ0v) is 22.2. The third-order valence-electron chi connectivity index (χ3n) is 6.66. The van der Waals surface area contributed by atoms with Crippen LogP contribution in [0.15, 0.2) is 58.8 Å². The van der Waals surface area contributed by atoms with Crippen LogP contribution in [0.5, 0.6) is 5.75 Å². The number of esters is 1. The van der Waals surface area contributed by atoms with Crippen molar-refractivity contribution < 1.29 is 19.0 Å². The van der Waals surface area contributed by atoms with E-state index in [0.717, 1.165) is 49.8 Å². The van der Waals surface area contributed by atoms with Crippen molar-refractivity contribution in [3.63, 3.8) is 0 Å². The minimum Gasteiger partial charge on any atom is -0.465 e. The zero-order chi connectivity index (χ0) is 25.6. The molecule has 1 aliphatic heterocycles. The lowest BCUT2D eigenvalue weighted by atomic mass is 9.94. The number of hydrogen-bond acceptors (Lipinski definition) is 6. The predicted octanol–water partition coefficient (Wildman–Crippen LogP) is 8.87. The van der Waals surface area contributed by atoms with Crippen LogP contribution in [-0.4, -0.2) is 19.4 Å². The molecule has 36 heavy (non-hydrogen) atoms. The molecular formula is C30H42N2O4. The van der Waals surface area contributed by atoms with Gasteiger partial charge >= 0.3 is 5.97 Å². The van der Waals surface area contributed by atoms with Gasteiger partial charge in [-0.15, -0.1) is 5.11 Å². The summed E-state index contributed by atoms with van der Waals surface area (Å²) in [6.45, 7) is 4.45. The van der Waals surface area contributed by atoms with E-state index in [1.165, 1.54) is 45.6 Å². The second-order valence-corrected chi connectivity index (χ2v) is 9.58. The first-order valence-corrected chi connectivity index (χ1v) is 13.7. The van der Waals surface area contributed by atoms with Gasteiger partial charge in [0.15, 0.2) is 0 Å². The molecule has 0 N–H and O–H groups in total. The molecule has 1 heterocycles. The molecule has 0 saturated carbocycles. The number of methoxy groups -OCH3 is 1. The first-order valence-electron chi connectivity index (χ1n) is 13.7. The molecule has 2 unspecified atom stereocenters. The largest absolute Gasteiger partial charge is 0.465 e. The maximum atomic E-state index is 11.8. The van der Waals surface area contributed by atoms with Crippen LogP contribution in [0.25, 0.3) is 0 Å². The van der Waals surface area contributed by atoms with Crippen molar-refractivity contribution in [3.05, 3.63) is 59.7 Å². The molecule has 2 bridgehead atoms. The Kier molecular flexibility index (Phi) is 11.4. The first kappa shape index (κ1) is 27.9. The Morgan fingerprint density at radius 2 is 1.58 bits per heavy atom. The monoisotopic (exact) mass is 494 g/mol. The number of carbonyl (C=O) groups is 1. The topological polar surface area (TPSA) is 69.5 Å². The molecule has 196 valence electrons. The Labute approximate surface area is 216 Å². The summed E-state index contributed by atoms with van der Waals surface area (Å²) in [4.78, 5) is 11.8. The Bertz CT molecular complexity index is 960. The fraction of sp³-hybridized carbons (Fsp3) is 0.567. The molecule has 6 heteroatoms. The zero-order valence-electron chi connectivity index (χ0n) is 22.2. The van der Waals surface area contributed by atoms with Crippen LogP contribution >= 0.6 is 0 Å². The highest BCUT2D eigenvalue weighted by molar-refractivity contribution is 5.89. The summed E-state index contributed by atoms with van der Waals surface area (Å²) in [7, 11) is 1.38. The molecule has 1 aliphatic rings. The lowest BCUT2D eigenvalue weighted by Gasteiger charge is -2.35. The average molecular weight is 495 g/mol. The van der Waals surface area contributed by atoms with Crippen molar-refractivity contribution in [2.24, 2.45) is 10.2 Å². The summed E-state index contributed by atoms with van der Waals surface area (Å²) in [5.41, 5.74) is 1.53. The molecule has 2 aromatic rings. The second-order valence-electron chi connectivity index (χ2n) is 9.58. The number of fused-ring (bicyclic) bond motifs is 2. The van der Waals surface area contributed by atoms with Crippen LogP contribution in [0.1, 0.15) is 107 Å². The molecule has 6 nitrogen and oxygen atoms in total. The predicted molar refractivity (Wildman–Crippen MR) is 143 cm³/mol. The molecule has 0 amide bonds. The highest BCUT2D eigenvalue weighted by atomic mass is 16.7. The number of hydrogen-bond donors (Lipinski definition) is 0. The Morgan fingerprint density at radius 3 is 2.28 bits per heavy atom. The second kappa shape index (κ2) is 14.7. The molecular weight excluding hydrogens is 452 g/mol. The maximum absolute atomic E-state index is 11.8.